The quantitative estimate of drug-likeness (QED) is 0.821. The lowest BCUT2D eigenvalue weighted by atomic mass is 10.2. The topological polar surface area (TPSA) is 33.1 Å². The monoisotopic (exact) mass is 231 g/mol. The third-order valence-electron chi connectivity index (χ3n) is 2.21. The van der Waals surface area contributed by atoms with Gasteiger partial charge in [-0.1, -0.05) is 30.3 Å². The van der Waals surface area contributed by atoms with Gasteiger partial charge in [0.1, 0.15) is 0 Å². The number of hydrogen-bond acceptors (Lipinski definition) is 3. The van der Waals surface area contributed by atoms with Crippen molar-refractivity contribution in [3.8, 4) is 0 Å². The van der Waals surface area contributed by atoms with Crippen molar-refractivity contribution in [1.29, 1.82) is 0 Å². The van der Waals surface area contributed by atoms with E-state index < -0.39 is 0 Å². The molecule has 0 fully saturated rings. The molecule has 1 aromatic heterocycles. The largest absolute Gasteiger partial charge is 0.392 e. The van der Waals surface area contributed by atoms with Crippen LogP contribution in [-0.4, -0.2) is 10.1 Å². The zero-order valence-corrected chi connectivity index (χ0v) is 9.65. The molecule has 0 aliphatic carbocycles. The molecule has 0 bridgehead atoms. The first-order chi connectivity index (χ1) is 7.88. The van der Waals surface area contributed by atoms with Crippen LogP contribution < -0.4 is 0 Å². The number of pyridine rings is 1. The summed E-state index contributed by atoms with van der Waals surface area (Å²) < 4.78 is 0. The van der Waals surface area contributed by atoms with Crippen molar-refractivity contribution < 1.29 is 5.11 Å². The summed E-state index contributed by atoms with van der Waals surface area (Å²) in [5.41, 5.74) is 2.19. The standard InChI is InChI=1S/C13H13NOS/c15-9-12-6-7-14-13(8-12)16-10-11-4-2-1-3-5-11/h1-8,15H,9-10H2. The molecule has 1 N–H and O–H groups in total. The predicted molar refractivity (Wildman–Crippen MR) is 66.2 cm³/mol. The molecule has 2 aromatic rings. The lowest BCUT2D eigenvalue weighted by molar-refractivity contribution is 0.281. The van der Waals surface area contributed by atoms with E-state index in [2.05, 4.69) is 17.1 Å². The van der Waals surface area contributed by atoms with Gasteiger partial charge < -0.3 is 5.11 Å². The minimum absolute atomic E-state index is 0.0709. The van der Waals surface area contributed by atoms with E-state index in [0.717, 1.165) is 16.3 Å². The van der Waals surface area contributed by atoms with E-state index in [9.17, 15) is 0 Å². The van der Waals surface area contributed by atoms with Gasteiger partial charge in [0.05, 0.1) is 11.6 Å². The molecule has 0 saturated carbocycles. The first-order valence-corrected chi connectivity index (χ1v) is 6.09. The van der Waals surface area contributed by atoms with Crippen LogP contribution >= 0.6 is 11.8 Å². The van der Waals surface area contributed by atoms with Crippen LogP contribution in [0.4, 0.5) is 0 Å². The van der Waals surface area contributed by atoms with Gasteiger partial charge in [0.15, 0.2) is 0 Å². The van der Waals surface area contributed by atoms with Crippen LogP contribution in [0.25, 0.3) is 0 Å². The van der Waals surface area contributed by atoms with Crippen molar-refractivity contribution in [2.24, 2.45) is 0 Å². The Kier molecular flexibility index (Phi) is 3.97. The molecular weight excluding hydrogens is 218 g/mol. The summed E-state index contributed by atoms with van der Waals surface area (Å²) in [7, 11) is 0. The molecule has 0 aliphatic rings. The van der Waals surface area contributed by atoms with Gasteiger partial charge in [-0.2, -0.15) is 0 Å². The molecule has 3 heteroatoms. The first-order valence-electron chi connectivity index (χ1n) is 5.11. The van der Waals surface area contributed by atoms with Gasteiger partial charge in [0, 0.05) is 11.9 Å². The summed E-state index contributed by atoms with van der Waals surface area (Å²) >= 11 is 1.68. The summed E-state index contributed by atoms with van der Waals surface area (Å²) in [5.74, 6) is 0.905. The van der Waals surface area contributed by atoms with Crippen molar-refractivity contribution in [3.05, 3.63) is 59.8 Å². The molecule has 0 amide bonds. The fourth-order valence-corrected chi connectivity index (χ4v) is 2.24. The lowest BCUT2D eigenvalue weighted by Gasteiger charge is -2.02. The van der Waals surface area contributed by atoms with Crippen LogP contribution in [-0.2, 0) is 12.4 Å². The van der Waals surface area contributed by atoms with Gasteiger partial charge in [-0.25, -0.2) is 4.98 Å². The van der Waals surface area contributed by atoms with E-state index in [1.807, 2.05) is 30.3 Å². The average molecular weight is 231 g/mol. The highest BCUT2D eigenvalue weighted by Gasteiger charge is 1.98. The van der Waals surface area contributed by atoms with Crippen molar-refractivity contribution in [3.63, 3.8) is 0 Å². The molecule has 0 unspecified atom stereocenters. The average Bonchev–Trinajstić information content (AvgIpc) is 2.38. The van der Waals surface area contributed by atoms with Crippen LogP contribution in [0.1, 0.15) is 11.1 Å². The van der Waals surface area contributed by atoms with E-state index >= 15 is 0 Å². The summed E-state index contributed by atoms with van der Waals surface area (Å²) in [6, 6.07) is 14.0. The molecule has 1 aromatic carbocycles. The number of hydrogen-bond donors (Lipinski definition) is 1. The maximum atomic E-state index is 9.01. The van der Waals surface area contributed by atoms with Gasteiger partial charge in [-0.15, -0.1) is 11.8 Å². The fraction of sp³-hybridized carbons (Fsp3) is 0.154. The Labute approximate surface area is 99.4 Å². The van der Waals surface area contributed by atoms with Crippen LogP contribution in [0.3, 0.4) is 0 Å². The molecule has 16 heavy (non-hydrogen) atoms. The Morgan fingerprint density at radius 2 is 1.88 bits per heavy atom. The second-order valence-electron chi connectivity index (χ2n) is 3.43. The first kappa shape index (κ1) is 11.2. The molecule has 2 nitrogen and oxygen atoms in total. The normalized spacial score (nSPS) is 10.3. The van der Waals surface area contributed by atoms with Gasteiger partial charge in [0.2, 0.25) is 0 Å². The molecular formula is C13H13NOS. The Morgan fingerprint density at radius 3 is 2.62 bits per heavy atom. The van der Waals surface area contributed by atoms with Crippen molar-refractivity contribution >= 4 is 11.8 Å². The van der Waals surface area contributed by atoms with Crippen LogP contribution in [0.2, 0.25) is 0 Å². The number of aromatic nitrogens is 1. The number of nitrogens with zero attached hydrogens (tertiary/aromatic N) is 1. The SMILES string of the molecule is OCc1ccnc(SCc2ccccc2)c1. The van der Waals surface area contributed by atoms with E-state index in [1.54, 1.807) is 18.0 Å². The summed E-state index contributed by atoms with van der Waals surface area (Å²) in [5, 5.41) is 9.96. The van der Waals surface area contributed by atoms with Crippen molar-refractivity contribution in [2.75, 3.05) is 0 Å². The zero-order valence-electron chi connectivity index (χ0n) is 8.84. The number of aliphatic hydroxyl groups is 1. The van der Waals surface area contributed by atoms with Gasteiger partial charge in [0.25, 0.3) is 0 Å². The van der Waals surface area contributed by atoms with Crippen LogP contribution in [0.15, 0.2) is 53.7 Å². The number of aliphatic hydroxyl groups excluding tert-OH is 1. The van der Waals surface area contributed by atoms with E-state index in [1.165, 1.54) is 5.56 Å². The second kappa shape index (κ2) is 5.68. The van der Waals surface area contributed by atoms with Gasteiger partial charge >= 0.3 is 0 Å². The minimum Gasteiger partial charge on any atom is -0.392 e. The molecule has 0 saturated heterocycles. The molecule has 0 atom stereocenters. The third-order valence-corrected chi connectivity index (χ3v) is 3.21. The number of rotatable bonds is 4. The van der Waals surface area contributed by atoms with Crippen molar-refractivity contribution in [2.45, 2.75) is 17.4 Å². The molecule has 0 aliphatic heterocycles. The smallest absolute Gasteiger partial charge is 0.0966 e. The number of benzene rings is 1. The molecule has 0 radical (unpaired) electrons. The maximum Gasteiger partial charge on any atom is 0.0966 e. The van der Waals surface area contributed by atoms with E-state index in [-0.39, 0.29) is 6.61 Å². The van der Waals surface area contributed by atoms with E-state index in [4.69, 9.17) is 5.11 Å². The molecule has 1 heterocycles. The zero-order chi connectivity index (χ0) is 11.2. The highest BCUT2D eigenvalue weighted by molar-refractivity contribution is 7.98. The number of thioether (sulfide) groups is 1. The fourth-order valence-electron chi connectivity index (χ4n) is 1.36. The van der Waals surface area contributed by atoms with Crippen molar-refractivity contribution in [1.82, 2.24) is 4.98 Å². The third kappa shape index (κ3) is 3.08. The summed E-state index contributed by atoms with van der Waals surface area (Å²) in [4.78, 5) is 4.25. The minimum atomic E-state index is 0.0709. The molecule has 2 rings (SSSR count). The Balaban J connectivity index is 1.99. The Hall–Kier alpha value is -1.32. The van der Waals surface area contributed by atoms with E-state index in [0.29, 0.717) is 0 Å². The lowest BCUT2D eigenvalue weighted by Crippen LogP contribution is -1.87. The second-order valence-corrected chi connectivity index (χ2v) is 4.43. The highest BCUT2D eigenvalue weighted by atomic mass is 32.2. The Bertz CT molecular complexity index is 445. The maximum absolute atomic E-state index is 9.01. The Morgan fingerprint density at radius 1 is 1.06 bits per heavy atom. The predicted octanol–water partition coefficient (Wildman–Crippen LogP) is 2.87. The van der Waals surface area contributed by atoms with Gasteiger partial charge in [-0.05, 0) is 23.3 Å². The molecule has 82 valence electrons. The summed E-state index contributed by atoms with van der Waals surface area (Å²) in [6.07, 6.45) is 1.74. The van der Waals surface area contributed by atoms with Gasteiger partial charge in [-0.3, -0.25) is 0 Å². The highest BCUT2D eigenvalue weighted by Crippen LogP contribution is 2.21. The van der Waals surface area contributed by atoms with Crippen LogP contribution in [0, 0.1) is 0 Å². The summed E-state index contributed by atoms with van der Waals surface area (Å²) in [6.45, 7) is 0.0709. The molecule has 0 spiro atoms. The van der Waals surface area contributed by atoms with Crippen LogP contribution in [0.5, 0.6) is 0 Å².